The summed E-state index contributed by atoms with van der Waals surface area (Å²) < 4.78 is 0. The molecule has 4 heteroatoms. The van der Waals surface area contributed by atoms with Crippen LogP contribution in [0.5, 0.6) is 0 Å². The number of carboxylic acid groups (broad SMARTS) is 1. The van der Waals surface area contributed by atoms with Crippen molar-refractivity contribution in [1.82, 2.24) is 0 Å². The van der Waals surface area contributed by atoms with Gasteiger partial charge in [0.25, 0.3) is 0 Å². The van der Waals surface area contributed by atoms with Crippen molar-refractivity contribution in [2.75, 3.05) is 5.32 Å². The summed E-state index contributed by atoms with van der Waals surface area (Å²) in [7, 11) is 0. The molecule has 1 aliphatic carbocycles. The van der Waals surface area contributed by atoms with Gasteiger partial charge in [-0.05, 0) is 43.4 Å². The van der Waals surface area contributed by atoms with E-state index in [9.17, 15) is 4.79 Å². The predicted octanol–water partition coefficient (Wildman–Crippen LogP) is 3.64. The van der Waals surface area contributed by atoms with Gasteiger partial charge in [-0.1, -0.05) is 18.5 Å². The Kier molecular flexibility index (Phi) is 3.57. The van der Waals surface area contributed by atoms with E-state index in [1.54, 1.807) is 12.1 Å². The van der Waals surface area contributed by atoms with E-state index in [4.69, 9.17) is 16.7 Å². The molecule has 0 bridgehead atoms. The van der Waals surface area contributed by atoms with Crippen LogP contribution >= 0.6 is 11.6 Å². The van der Waals surface area contributed by atoms with Crippen molar-refractivity contribution in [2.45, 2.75) is 32.2 Å². The molecule has 0 saturated heterocycles. The van der Waals surface area contributed by atoms with E-state index < -0.39 is 5.97 Å². The minimum Gasteiger partial charge on any atom is -0.478 e. The SMILES string of the molecule is CC1CCC(Nc2ccc(C(=O)O)cc2Cl)C1. The van der Waals surface area contributed by atoms with E-state index in [1.807, 2.05) is 0 Å². The van der Waals surface area contributed by atoms with Crippen LogP contribution in [0.1, 0.15) is 36.5 Å². The highest BCUT2D eigenvalue weighted by Gasteiger charge is 2.21. The lowest BCUT2D eigenvalue weighted by atomic mass is 10.1. The largest absolute Gasteiger partial charge is 0.478 e. The zero-order chi connectivity index (χ0) is 12.4. The molecule has 1 aromatic rings. The number of nitrogens with one attached hydrogen (secondary N) is 1. The van der Waals surface area contributed by atoms with Gasteiger partial charge in [0.05, 0.1) is 16.3 Å². The number of anilines is 1. The van der Waals surface area contributed by atoms with E-state index in [-0.39, 0.29) is 5.56 Å². The summed E-state index contributed by atoms with van der Waals surface area (Å²) in [5.41, 5.74) is 1.05. The fourth-order valence-corrected chi connectivity index (χ4v) is 2.56. The lowest BCUT2D eigenvalue weighted by molar-refractivity contribution is 0.0697. The smallest absolute Gasteiger partial charge is 0.335 e. The van der Waals surface area contributed by atoms with Crippen LogP contribution in [0.4, 0.5) is 5.69 Å². The highest BCUT2D eigenvalue weighted by atomic mass is 35.5. The number of carbonyl (C=O) groups is 1. The fraction of sp³-hybridized carbons (Fsp3) is 0.462. The molecule has 0 aliphatic heterocycles. The van der Waals surface area contributed by atoms with Crippen molar-refractivity contribution in [3.8, 4) is 0 Å². The zero-order valence-electron chi connectivity index (χ0n) is 9.74. The van der Waals surface area contributed by atoms with Gasteiger partial charge in [0.15, 0.2) is 0 Å². The van der Waals surface area contributed by atoms with Gasteiger partial charge in [0.2, 0.25) is 0 Å². The summed E-state index contributed by atoms with van der Waals surface area (Å²) in [5.74, 6) is -0.197. The molecule has 2 rings (SSSR count). The van der Waals surface area contributed by atoms with Crippen molar-refractivity contribution in [2.24, 2.45) is 5.92 Å². The summed E-state index contributed by atoms with van der Waals surface area (Å²) in [6.45, 7) is 2.25. The fourth-order valence-electron chi connectivity index (χ4n) is 2.32. The number of hydrogen-bond donors (Lipinski definition) is 2. The van der Waals surface area contributed by atoms with Crippen LogP contribution in [-0.4, -0.2) is 17.1 Å². The van der Waals surface area contributed by atoms with Crippen LogP contribution in [0.15, 0.2) is 18.2 Å². The maximum atomic E-state index is 10.8. The molecule has 3 nitrogen and oxygen atoms in total. The summed E-state index contributed by atoms with van der Waals surface area (Å²) in [6.07, 6.45) is 3.54. The Morgan fingerprint density at radius 1 is 1.47 bits per heavy atom. The van der Waals surface area contributed by atoms with Crippen LogP contribution < -0.4 is 5.32 Å². The van der Waals surface area contributed by atoms with Gasteiger partial charge in [0, 0.05) is 6.04 Å². The zero-order valence-corrected chi connectivity index (χ0v) is 10.5. The number of rotatable bonds is 3. The molecule has 0 radical (unpaired) electrons. The Balaban J connectivity index is 2.09. The lowest BCUT2D eigenvalue weighted by Crippen LogP contribution is -2.15. The Morgan fingerprint density at radius 3 is 2.76 bits per heavy atom. The van der Waals surface area contributed by atoms with E-state index in [2.05, 4.69) is 12.2 Å². The van der Waals surface area contributed by atoms with E-state index >= 15 is 0 Å². The molecule has 2 atom stereocenters. The van der Waals surface area contributed by atoms with Crippen LogP contribution in [0.3, 0.4) is 0 Å². The van der Waals surface area contributed by atoms with Gasteiger partial charge < -0.3 is 10.4 Å². The number of halogens is 1. The number of carboxylic acids is 1. The normalized spacial score (nSPS) is 23.6. The van der Waals surface area contributed by atoms with Crippen molar-refractivity contribution in [3.63, 3.8) is 0 Å². The molecule has 0 spiro atoms. The summed E-state index contributed by atoms with van der Waals surface area (Å²) in [5, 5.41) is 12.7. The number of hydrogen-bond acceptors (Lipinski definition) is 2. The highest BCUT2D eigenvalue weighted by Crippen LogP contribution is 2.30. The molecule has 1 saturated carbocycles. The number of benzene rings is 1. The Labute approximate surface area is 106 Å². The molecule has 0 aromatic heterocycles. The molecular formula is C13H16ClNO2. The third-order valence-corrected chi connectivity index (χ3v) is 3.58. The molecule has 2 N–H and O–H groups in total. The first-order chi connectivity index (χ1) is 8.06. The van der Waals surface area contributed by atoms with Gasteiger partial charge in [-0.3, -0.25) is 0 Å². The van der Waals surface area contributed by atoms with Gasteiger partial charge >= 0.3 is 5.97 Å². The lowest BCUT2D eigenvalue weighted by Gasteiger charge is -2.15. The van der Waals surface area contributed by atoms with Gasteiger partial charge in [0.1, 0.15) is 0 Å². The predicted molar refractivity (Wildman–Crippen MR) is 68.8 cm³/mol. The minimum atomic E-state index is -0.951. The van der Waals surface area contributed by atoms with E-state index in [0.717, 1.165) is 24.4 Å². The second-order valence-electron chi connectivity index (χ2n) is 4.76. The Morgan fingerprint density at radius 2 is 2.24 bits per heavy atom. The molecule has 1 aliphatic rings. The number of aromatic carboxylic acids is 1. The molecule has 1 fully saturated rings. The topological polar surface area (TPSA) is 49.3 Å². The van der Waals surface area contributed by atoms with Crippen molar-refractivity contribution >= 4 is 23.3 Å². The van der Waals surface area contributed by atoms with Crippen LogP contribution in [0, 0.1) is 5.92 Å². The summed E-state index contributed by atoms with van der Waals surface area (Å²) >= 11 is 6.06. The standard InChI is InChI=1S/C13H16ClNO2/c1-8-2-4-10(6-8)15-12-5-3-9(13(16)17)7-11(12)14/h3,5,7-8,10,15H,2,4,6H2,1H3,(H,16,17). The Hall–Kier alpha value is -1.22. The van der Waals surface area contributed by atoms with Crippen LogP contribution in [-0.2, 0) is 0 Å². The van der Waals surface area contributed by atoms with Crippen molar-refractivity contribution in [1.29, 1.82) is 0 Å². The summed E-state index contributed by atoms with van der Waals surface area (Å²) in [4.78, 5) is 10.8. The first-order valence-corrected chi connectivity index (χ1v) is 6.23. The van der Waals surface area contributed by atoms with Crippen LogP contribution in [0.2, 0.25) is 5.02 Å². The maximum Gasteiger partial charge on any atom is 0.335 e. The minimum absolute atomic E-state index is 0.223. The van der Waals surface area contributed by atoms with Crippen molar-refractivity contribution < 1.29 is 9.90 Å². The molecule has 0 heterocycles. The van der Waals surface area contributed by atoms with Crippen molar-refractivity contribution in [3.05, 3.63) is 28.8 Å². The van der Waals surface area contributed by atoms with Gasteiger partial charge in [-0.2, -0.15) is 0 Å². The van der Waals surface area contributed by atoms with Gasteiger partial charge in [-0.25, -0.2) is 4.79 Å². The van der Waals surface area contributed by atoms with Crippen LogP contribution in [0.25, 0.3) is 0 Å². The quantitative estimate of drug-likeness (QED) is 0.865. The third-order valence-electron chi connectivity index (χ3n) is 3.27. The molecule has 0 amide bonds. The molecule has 17 heavy (non-hydrogen) atoms. The second-order valence-corrected chi connectivity index (χ2v) is 5.17. The monoisotopic (exact) mass is 253 g/mol. The molecular weight excluding hydrogens is 238 g/mol. The van der Waals surface area contributed by atoms with E-state index in [1.165, 1.54) is 12.5 Å². The first kappa shape index (κ1) is 12.2. The molecule has 92 valence electrons. The molecule has 1 aromatic carbocycles. The summed E-state index contributed by atoms with van der Waals surface area (Å²) in [6, 6.07) is 5.27. The highest BCUT2D eigenvalue weighted by molar-refractivity contribution is 6.33. The first-order valence-electron chi connectivity index (χ1n) is 5.85. The van der Waals surface area contributed by atoms with E-state index in [0.29, 0.717) is 11.1 Å². The third kappa shape index (κ3) is 2.91. The second kappa shape index (κ2) is 4.96. The maximum absolute atomic E-state index is 10.8. The average molecular weight is 254 g/mol. The average Bonchev–Trinajstić information content (AvgIpc) is 2.67. The van der Waals surface area contributed by atoms with Gasteiger partial charge in [-0.15, -0.1) is 0 Å². The Bertz CT molecular complexity index is 433. The molecule has 2 unspecified atom stereocenters.